The van der Waals surface area contributed by atoms with E-state index in [-0.39, 0.29) is 30.3 Å². The molecule has 0 spiro atoms. The second-order valence-electron chi connectivity index (χ2n) is 6.91. The van der Waals surface area contributed by atoms with Gasteiger partial charge >= 0.3 is 5.97 Å². The van der Waals surface area contributed by atoms with E-state index in [1.54, 1.807) is 0 Å². The van der Waals surface area contributed by atoms with Crippen molar-refractivity contribution in [2.45, 2.75) is 61.3 Å². The summed E-state index contributed by atoms with van der Waals surface area (Å²) in [7, 11) is 1.00. The van der Waals surface area contributed by atoms with Gasteiger partial charge in [0, 0.05) is 13.0 Å². The molecule has 0 saturated heterocycles. The first-order valence-corrected chi connectivity index (χ1v) is 8.54. The Morgan fingerprint density at radius 1 is 1.13 bits per heavy atom. The Balaban J connectivity index is 0. The van der Waals surface area contributed by atoms with E-state index in [1.807, 2.05) is 34.6 Å². The van der Waals surface area contributed by atoms with Crippen molar-refractivity contribution in [1.29, 1.82) is 0 Å². The predicted octanol–water partition coefficient (Wildman–Crippen LogP) is 3.01. The summed E-state index contributed by atoms with van der Waals surface area (Å²) in [5.41, 5.74) is -0.463. The summed E-state index contributed by atoms with van der Waals surface area (Å²) in [5, 5.41) is 9.79. The number of ether oxygens (including phenoxy) is 1. The molecule has 0 aliphatic carbocycles. The van der Waals surface area contributed by atoms with Crippen LogP contribution in [0.5, 0.6) is 0 Å². The predicted molar refractivity (Wildman–Crippen MR) is 94.0 cm³/mol. The highest BCUT2D eigenvalue weighted by Gasteiger charge is 2.38. The monoisotopic (exact) mass is 331 g/mol. The van der Waals surface area contributed by atoms with Crippen LogP contribution in [0, 0.1) is 23.2 Å². The van der Waals surface area contributed by atoms with E-state index in [4.69, 9.17) is 9.84 Å². The summed E-state index contributed by atoms with van der Waals surface area (Å²) in [6.07, 6.45) is 1.62. The fraction of sp³-hybridized carbons (Fsp3) is 0.889. The summed E-state index contributed by atoms with van der Waals surface area (Å²) in [6, 6.07) is 0. The topological polar surface area (TPSA) is 75.6 Å². The van der Waals surface area contributed by atoms with Gasteiger partial charge in [-0.05, 0) is 31.6 Å². The van der Waals surface area contributed by atoms with Gasteiger partial charge in [0.15, 0.2) is 0 Å². The first kappa shape index (κ1) is 24.2. The van der Waals surface area contributed by atoms with Crippen LogP contribution >= 0.6 is 0 Å². The van der Waals surface area contributed by atoms with E-state index in [1.165, 1.54) is 0 Å². The van der Waals surface area contributed by atoms with Crippen LogP contribution in [0.2, 0.25) is 0 Å². The first-order chi connectivity index (χ1) is 10.6. The molecular formula is C18H37NO4. The van der Waals surface area contributed by atoms with Crippen LogP contribution in [-0.4, -0.2) is 37.2 Å². The van der Waals surface area contributed by atoms with Crippen LogP contribution in [-0.2, 0) is 14.3 Å². The highest BCUT2D eigenvalue weighted by molar-refractivity contribution is 5.78. The zero-order valence-electron chi connectivity index (χ0n) is 16.2. The molecule has 0 fully saturated rings. The molecule has 2 unspecified atom stereocenters. The van der Waals surface area contributed by atoms with Gasteiger partial charge in [-0.3, -0.25) is 9.59 Å². The minimum atomic E-state index is -0.463. The van der Waals surface area contributed by atoms with Crippen molar-refractivity contribution < 1.29 is 19.4 Å². The lowest BCUT2D eigenvalue weighted by Crippen LogP contribution is -2.38. The van der Waals surface area contributed by atoms with Gasteiger partial charge in [0.25, 0.3) is 0 Å². The Kier molecular flexibility index (Phi) is 13.0. The average molecular weight is 331 g/mol. The minimum absolute atomic E-state index is 0.00238. The average Bonchev–Trinajstić information content (AvgIpc) is 2.51. The third-order valence-electron chi connectivity index (χ3n) is 4.27. The lowest BCUT2D eigenvalue weighted by Gasteiger charge is -2.32. The van der Waals surface area contributed by atoms with Crippen LogP contribution in [0.1, 0.15) is 61.3 Å². The maximum absolute atomic E-state index is 12.3. The number of carbonyl (C=O) groups is 2. The Morgan fingerprint density at radius 3 is 2.04 bits per heavy atom. The molecule has 0 aliphatic rings. The Bertz CT molecular complexity index is 342. The van der Waals surface area contributed by atoms with Crippen LogP contribution in [0.15, 0.2) is 0 Å². The number of aliphatic hydroxyl groups is 1. The molecule has 5 nitrogen and oxygen atoms in total. The van der Waals surface area contributed by atoms with Gasteiger partial charge in [-0.15, -0.1) is 0 Å². The van der Waals surface area contributed by atoms with E-state index in [2.05, 4.69) is 19.2 Å². The standard InChI is InChI=1S/C17H33NO3.CH4O/c1-8-14(6)15(19)18-9-10-21-16(20)17(7,13(4)5)11-12(2)3;1-2/h12-14H,8-11H2,1-7H3,(H,18,19);2H,1H3. The Labute approximate surface area is 142 Å². The number of esters is 1. The molecule has 0 aromatic rings. The van der Waals surface area contributed by atoms with E-state index in [9.17, 15) is 9.59 Å². The summed E-state index contributed by atoms with van der Waals surface area (Å²) >= 11 is 0. The number of hydrogen-bond donors (Lipinski definition) is 2. The van der Waals surface area contributed by atoms with Crippen LogP contribution in [0.25, 0.3) is 0 Å². The quantitative estimate of drug-likeness (QED) is 0.503. The zero-order chi connectivity index (χ0) is 18.6. The molecule has 1 amide bonds. The van der Waals surface area contributed by atoms with Crippen molar-refractivity contribution in [3.05, 3.63) is 0 Å². The third kappa shape index (κ3) is 8.94. The van der Waals surface area contributed by atoms with Crippen molar-refractivity contribution in [3.8, 4) is 0 Å². The Hall–Kier alpha value is -1.10. The van der Waals surface area contributed by atoms with Gasteiger partial charge in [-0.2, -0.15) is 0 Å². The number of hydrogen-bond acceptors (Lipinski definition) is 4. The molecule has 5 heteroatoms. The smallest absolute Gasteiger partial charge is 0.312 e. The summed E-state index contributed by atoms with van der Waals surface area (Å²) in [5.74, 6) is 0.520. The van der Waals surface area contributed by atoms with Crippen molar-refractivity contribution in [2.75, 3.05) is 20.3 Å². The third-order valence-corrected chi connectivity index (χ3v) is 4.27. The van der Waals surface area contributed by atoms with Gasteiger partial charge in [0.05, 0.1) is 12.0 Å². The number of nitrogens with one attached hydrogen (secondary N) is 1. The van der Waals surface area contributed by atoms with Crippen molar-refractivity contribution >= 4 is 11.9 Å². The summed E-state index contributed by atoms with van der Waals surface area (Å²) in [4.78, 5) is 24.0. The molecule has 2 atom stereocenters. The number of amides is 1. The highest BCUT2D eigenvalue weighted by Crippen LogP contribution is 2.35. The lowest BCUT2D eigenvalue weighted by atomic mass is 9.73. The molecule has 0 saturated carbocycles. The fourth-order valence-electron chi connectivity index (χ4n) is 2.25. The normalized spacial score (nSPS) is 14.6. The SMILES string of the molecule is CCC(C)C(=O)NCCOC(=O)C(C)(CC(C)C)C(C)C.CO. The molecule has 0 rings (SSSR count). The van der Waals surface area contributed by atoms with Gasteiger partial charge in [0.2, 0.25) is 5.91 Å². The van der Waals surface area contributed by atoms with E-state index < -0.39 is 5.41 Å². The van der Waals surface area contributed by atoms with Crippen molar-refractivity contribution in [2.24, 2.45) is 23.2 Å². The molecule has 0 aliphatic heterocycles. The molecule has 0 heterocycles. The maximum Gasteiger partial charge on any atom is 0.312 e. The van der Waals surface area contributed by atoms with Gasteiger partial charge in [0.1, 0.15) is 6.61 Å². The summed E-state index contributed by atoms with van der Waals surface area (Å²) < 4.78 is 5.38. The van der Waals surface area contributed by atoms with Crippen molar-refractivity contribution in [3.63, 3.8) is 0 Å². The number of aliphatic hydroxyl groups excluding tert-OH is 1. The highest BCUT2D eigenvalue weighted by atomic mass is 16.5. The van der Waals surface area contributed by atoms with Crippen LogP contribution in [0.4, 0.5) is 0 Å². The Morgan fingerprint density at radius 2 is 1.65 bits per heavy atom. The van der Waals surface area contributed by atoms with E-state index >= 15 is 0 Å². The maximum atomic E-state index is 12.3. The molecule has 138 valence electrons. The van der Waals surface area contributed by atoms with Gasteiger partial charge in [-0.25, -0.2) is 0 Å². The molecule has 0 radical (unpaired) electrons. The second-order valence-corrected chi connectivity index (χ2v) is 6.91. The largest absolute Gasteiger partial charge is 0.463 e. The number of rotatable bonds is 9. The fourth-order valence-corrected chi connectivity index (χ4v) is 2.25. The molecular weight excluding hydrogens is 294 g/mol. The molecule has 0 bridgehead atoms. The van der Waals surface area contributed by atoms with Crippen molar-refractivity contribution in [1.82, 2.24) is 5.32 Å². The van der Waals surface area contributed by atoms with Gasteiger partial charge in [-0.1, -0.05) is 41.5 Å². The zero-order valence-corrected chi connectivity index (χ0v) is 16.2. The molecule has 0 aromatic heterocycles. The number of carbonyl (C=O) groups excluding carboxylic acids is 2. The van der Waals surface area contributed by atoms with Crippen LogP contribution < -0.4 is 5.32 Å². The van der Waals surface area contributed by atoms with Gasteiger partial charge < -0.3 is 15.2 Å². The van der Waals surface area contributed by atoms with E-state index in [0.717, 1.165) is 20.0 Å². The molecule has 23 heavy (non-hydrogen) atoms. The molecule has 2 N–H and O–H groups in total. The second kappa shape index (κ2) is 12.3. The van der Waals surface area contributed by atoms with E-state index in [0.29, 0.717) is 12.5 Å². The lowest BCUT2D eigenvalue weighted by molar-refractivity contribution is -0.159. The molecule has 0 aromatic carbocycles. The summed E-state index contributed by atoms with van der Waals surface area (Å²) in [6.45, 7) is 14.8. The van der Waals surface area contributed by atoms with Crippen LogP contribution in [0.3, 0.4) is 0 Å². The minimum Gasteiger partial charge on any atom is -0.463 e. The first-order valence-electron chi connectivity index (χ1n) is 8.54.